The molecule has 0 unspecified atom stereocenters. The monoisotopic (exact) mass is 317 g/mol. The van der Waals surface area contributed by atoms with Crippen molar-refractivity contribution in [3.05, 3.63) is 34.2 Å². The van der Waals surface area contributed by atoms with Crippen molar-refractivity contribution < 1.29 is 4.79 Å². The van der Waals surface area contributed by atoms with E-state index in [-0.39, 0.29) is 11.5 Å². The van der Waals surface area contributed by atoms with E-state index in [1.807, 2.05) is 4.90 Å². The number of likely N-dealkylation sites (tertiary alicyclic amines) is 2. The molecule has 0 saturated carbocycles. The van der Waals surface area contributed by atoms with Crippen LogP contribution in [0.1, 0.15) is 48.9 Å². The van der Waals surface area contributed by atoms with Crippen molar-refractivity contribution in [2.45, 2.75) is 44.6 Å². The molecule has 0 aliphatic carbocycles. The quantitative estimate of drug-likeness (QED) is 0.851. The third-order valence-electron chi connectivity index (χ3n) is 5.22. The van der Waals surface area contributed by atoms with Gasteiger partial charge in [0.25, 0.3) is 11.5 Å². The van der Waals surface area contributed by atoms with Crippen LogP contribution >= 0.6 is 0 Å². The fourth-order valence-corrected chi connectivity index (χ4v) is 3.75. The first-order chi connectivity index (χ1) is 11.1. The Balaban J connectivity index is 1.68. The Morgan fingerprint density at radius 2 is 1.91 bits per heavy atom. The number of carbonyl (C=O) groups excluding carboxylic acids is 1. The maximum absolute atomic E-state index is 12.8. The number of rotatable bonds is 4. The normalized spacial score (nSPS) is 22.5. The summed E-state index contributed by atoms with van der Waals surface area (Å²) in [6.07, 6.45) is 8.70. The molecule has 0 aromatic carbocycles. The van der Waals surface area contributed by atoms with Gasteiger partial charge < -0.3 is 14.4 Å². The molecule has 0 spiro atoms. The molecule has 0 N–H and O–H groups in total. The topological polar surface area (TPSA) is 45.6 Å². The second kappa shape index (κ2) is 7.30. The third kappa shape index (κ3) is 3.83. The highest BCUT2D eigenvalue weighted by Gasteiger charge is 2.28. The zero-order valence-electron chi connectivity index (χ0n) is 14.0. The molecule has 23 heavy (non-hydrogen) atoms. The average Bonchev–Trinajstić information content (AvgIpc) is 3.08. The van der Waals surface area contributed by atoms with Crippen molar-refractivity contribution >= 4 is 5.91 Å². The van der Waals surface area contributed by atoms with Crippen LogP contribution in [0.4, 0.5) is 0 Å². The molecule has 0 radical (unpaired) electrons. The highest BCUT2D eigenvalue weighted by Crippen LogP contribution is 2.22. The van der Waals surface area contributed by atoms with Gasteiger partial charge in [-0.1, -0.05) is 0 Å². The van der Waals surface area contributed by atoms with Crippen molar-refractivity contribution in [3.8, 4) is 0 Å². The highest BCUT2D eigenvalue weighted by molar-refractivity contribution is 5.94. The lowest BCUT2D eigenvalue weighted by Crippen LogP contribution is -2.45. The molecular formula is C18H27N3O2. The first-order valence-electron chi connectivity index (χ1n) is 8.85. The minimum Gasteiger partial charge on any atom is -0.336 e. The molecule has 1 atom stereocenters. The Kier molecular flexibility index (Phi) is 5.16. The Morgan fingerprint density at radius 1 is 1.17 bits per heavy atom. The second-order valence-electron chi connectivity index (χ2n) is 6.85. The summed E-state index contributed by atoms with van der Waals surface area (Å²) in [5.41, 5.74) is 0.405. The summed E-state index contributed by atoms with van der Waals surface area (Å²) in [5.74, 6) is 0.0221. The summed E-state index contributed by atoms with van der Waals surface area (Å²) in [4.78, 5) is 29.1. The molecule has 2 saturated heterocycles. The van der Waals surface area contributed by atoms with Crippen LogP contribution in [0.15, 0.2) is 23.1 Å². The van der Waals surface area contributed by atoms with Crippen molar-refractivity contribution in [2.24, 2.45) is 7.05 Å². The summed E-state index contributed by atoms with van der Waals surface area (Å²) in [5, 5.41) is 0. The van der Waals surface area contributed by atoms with E-state index in [2.05, 4.69) is 4.90 Å². The first kappa shape index (κ1) is 16.2. The van der Waals surface area contributed by atoms with E-state index in [9.17, 15) is 9.59 Å². The van der Waals surface area contributed by atoms with Crippen LogP contribution in [-0.4, -0.2) is 52.5 Å². The van der Waals surface area contributed by atoms with Crippen LogP contribution in [0.5, 0.6) is 0 Å². The second-order valence-corrected chi connectivity index (χ2v) is 6.85. The summed E-state index contributed by atoms with van der Waals surface area (Å²) < 4.78 is 1.50. The number of hydrogen-bond acceptors (Lipinski definition) is 3. The fourth-order valence-electron chi connectivity index (χ4n) is 3.75. The summed E-state index contributed by atoms with van der Waals surface area (Å²) in [7, 11) is 1.70. The number of hydrogen-bond donors (Lipinski definition) is 0. The number of aromatic nitrogens is 1. The van der Waals surface area contributed by atoms with E-state index in [4.69, 9.17) is 0 Å². The molecule has 3 heterocycles. The Bertz CT molecular complexity index is 605. The number of aryl methyl sites for hydroxylation is 1. The fraction of sp³-hybridized carbons (Fsp3) is 0.667. The first-order valence-corrected chi connectivity index (χ1v) is 8.85. The zero-order valence-corrected chi connectivity index (χ0v) is 14.0. The lowest BCUT2D eigenvalue weighted by molar-refractivity contribution is 0.0587. The van der Waals surface area contributed by atoms with Gasteiger partial charge in [0.2, 0.25) is 0 Å². The number of pyridine rings is 1. The molecule has 2 aliphatic rings. The van der Waals surface area contributed by atoms with Crippen LogP contribution in [0.3, 0.4) is 0 Å². The van der Waals surface area contributed by atoms with E-state index < -0.39 is 0 Å². The summed E-state index contributed by atoms with van der Waals surface area (Å²) in [6.45, 7) is 4.31. The maximum atomic E-state index is 12.8. The number of piperidine rings is 1. The lowest BCUT2D eigenvalue weighted by Gasteiger charge is -2.36. The van der Waals surface area contributed by atoms with Gasteiger partial charge in [-0.05, 0) is 57.7 Å². The minimum atomic E-state index is -0.124. The van der Waals surface area contributed by atoms with Crippen molar-refractivity contribution in [1.82, 2.24) is 14.4 Å². The minimum absolute atomic E-state index is 0.0221. The van der Waals surface area contributed by atoms with Crippen LogP contribution in [0.2, 0.25) is 0 Å². The van der Waals surface area contributed by atoms with Gasteiger partial charge in [0.05, 0.1) is 0 Å². The van der Waals surface area contributed by atoms with Gasteiger partial charge in [-0.3, -0.25) is 9.59 Å². The average molecular weight is 317 g/mol. The smallest absolute Gasteiger partial charge is 0.254 e. The molecule has 1 aromatic heterocycles. The van der Waals surface area contributed by atoms with Crippen LogP contribution in [0, 0.1) is 0 Å². The van der Waals surface area contributed by atoms with E-state index in [0.717, 1.165) is 32.4 Å². The molecular weight excluding hydrogens is 290 g/mol. The molecule has 126 valence electrons. The van der Waals surface area contributed by atoms with Crippen molar-refractivity contribution in [1.29, 1.82) is 0 Å². The predicted octanol–water partition coefficient (Wildman–Crippen LogP) is 1.87. The summed E-state index contributed by atoms with van der Waals surface area (Å²) in [6, 6.07) is 3.55. The Hall–Kier alpha value is -1.62. The van der Waals surface area contributed by atoms with Gasteiger partial charge >= 0.3 is 0 Å². The standard InChI is InChI=1S/C18H27N3O2/c1-19-12-7-15(14-17(19)22)18(23)21-11-3-2-6-16(21)8-13-20-9-4-5-10-20/h7,12,14,16H,2-6,8-11,13H2,1H3/t16-/m1/s1. The van der Waals surface area contributed by atoms with Gasteiger partial charge in [-0.25, -0.2) is 0 Å². The molecule has 2 aliphatic heterocycles. The van der Waals surface area contributed by atoms with Gasteiger partial charge in [0, 0.05) is 44.0 Å². The van der Waals surface area contributed by atoms with Crippen LogP contribution < -0.4 is 5.56 Å². The van der Waals surface area contributed by atoms with Crippen molar-refractivity contribution in [2.75, 3.05) is 26.2 Å². The van der Waals surface area contributed by atoms with Gasteiger partial charge in [-0.2, -0.15) is 0 Å². The molecule has 0 bridgehead atoms. The zero-order chi connectivity index (χ0) is 16.2. The molecule has 5 nitrogen and oxygen atoms in total. The number of nitrogens with zero attached hydrogens (tertiary/aromatic N) is 3. The molecule has 1 aromatic rings. The van der Waals surface area contributed by atoms with E-state index in [1.54, 1.807) is 19.3 Å². The third-order valence-corrected chi connectivity index (χ3v) is 5.22. The Morgan fingerprint density at radius 3 is 2.65 bits per heavy atom. The van der Waals surface area contributed by atoms with Gasteiger partial charge in [0.1, 0.15) is 0 Å². The largest absolute Gasteiger partial charge is 0.336 e. The van der Waals surface area contributed by atoms with Gasteiger partial charge in [0.15, 0.2) is 0 Å². The van der Waals surface area contributed by atoms with Crippen LogP contribution in [0.25, 0.3) is 0 Å². The number of amides is 1. The highest BCUT2D eigenvalue weighted by atomic mass is 16.2. The summed E-state index contributed by atoms with van der Waals surface area (Å²) >= 11 is 0. The Labute approximate surface area is 137 Å². The maximum Gasteiger partial charge on any atom is 0.254 e. The molecule has 1 amide bonds. The molecule has 5 heteroatoms. The van der Waals surface area contributed by atoms with Gasteiger partial charge in [-0.15, -0.1) is 0 Å². The number of carbonyl (C=O) groups is 1. The van der Waals surface area contributed by atoms with E-state index in [1.165, 1.54) is 43.0 Å². The van der Waals surface area contributed by atoms with Crippen LogP contribution in [-0.2, 0) is 7.05 Å². The SMILES string of the molecule is Cn1ccc(C(=O)N2CCCC[C@@H]2CCN2CCCC2)cc1=O. The predicted molar refractivity (Wildman–Crippen MR) is 90.6 cm³/mol. The van der Waals surface area contributed by atoms with E-state index >= 15 is 0 Å². The molecule has 2 fully saturated rings. The lowest BCUT2D eigenvalue weighted by atomic mass is 9.98. The van der Waals surface area contributed by atoms with E-state index in [0.29, 0.717) is 11.6 Å². The van der Waals surface area contributed by atoms with Crippen molar-refractivity contribution in [3.63, 3.8) is 0 Å². The molecule has 3 rings (SSSR count).